The van der Waals surface area contributed by atoms with Crippen molar-refractivity contribution in [2.24, 2.45) is 0 Å². The standard InChI is InChI=1S/C7H8.C6H14O2/c1-7-5-3-2-4-6-7;1-2-3-5-8-6-4-7/h2-6H,1H3;7H,2-6H2,1H3. The van der Waals surface area contributed by atoms with Gasteiger partial charge in [-0.2, -0.15) is 0 Å². The lowest BCUT2D eigenvalue weighted by molar-refractivity contribution is 0.0904. The first-order chi connectivity index (χ1) is 7.31. The molecule has 0 fully saturated rings. The molecule has 0 heterocycles. The van der Waals surface area contributed by atoms with Crippen molar-refractivity contribution >= 4 is 0 Å². The Morgan fingerprint density at radius 3 is 2.20 bits per heavy atom. The van der Waals surface area contributed by atoms with Crippen LogP contribution < -0.4 is 0 Å². The van der Waals surface area contributed by atoms with E-state index in [1.165, 1.54) is 5.56 Å². The number of aryl methyl sites for hydroxylation is 1. The van der Waals surface area contributed by atoms with Crippen molar-refractivity contribution in [2.75, 3.05) is 19.8 Å². The number of hydrogen-bond acceptors (Lipinski definition) is 2. The van der Waals surface area contributed by atoms with Crippen molar-refractivity contribution in [3.63, 3.8) is 0 Å². The van der Waals surface area contributed by atoms with E-state index >= 15 is 0 Å². The first kappa shape index (κ1) is 14.1. The Balaban J connectivity index is 0.000000262. The van der Waals surface area contributed by atoms with Crippen LogP contribution in [0.2, 0.25) is 0 Å². The molecular formula is C13H22O2. The van der Waals surface area contributed by atoms with Gasteiger partial charge in [-0.3, -0.25) is 0 Å². The van der Waals surface area contributed by atoms with E-state index in [0.717, 1.165) is 19.4 Å². The Bertz CT molecular complexity index is 203. The van der Waals surface area contributed by atoms with E-state index in [4.69, 9.17) is 9.84 Å². The van der Waals surface area contributed by atoms with Crippen LogP contribution in [-0.4, -0.2) is 24.9 Å². The molecule has 15 heavy (non-hydrogen) atoms. The Labute approximate surface area is 92.9 Å². The summed E-state index contributed by atoms with van der Waals surface area (Å²) in [4.78, 5) is 0. The monoisotopic (exact) mass is 210 g/mol. The van der Waals surface area contributed by atoms with Crippen LogP contribution in [0.1, 0.15) is 25.3 Å². The largest absolute Gasteiger partial charge is 0.394 e. The predicted octanol–water partition coefficient (Wildman–Crippen LogP) is 2.79. The van der Waals surface area contributed by atoms with Crippen molar-refractivity contribution < 1.29 is 9.84 Å². The Hall–Kier alpha value is -0.860. The topological polar surface area (TPSA) is 29.5 Å². The maximum Gasteiger partial charge on any atom is 0.0697 e. The Morgan fingerprint density at radius 1 is 1.13 bits per heavy atom. The highest BCUT2D eigenvalue weighted by Crippen LogP contribution is 1.92. The van der Waals surface area contributed by atoms with Crippen LogP contribution in [0.4, 0.5) is 0 Å². The molecule has 2 heteroatoms. The molecule has 0 aliphatic rings. The van der Waals surface area contributed by atoms with E-state index in [9.17, 15) is 0 Å². The van der Waals surface area contributed by atoms with Crippen LogP contribution in [0.25, 0.3) is 0 Å². The number of aliphatic hydroxyl groups excluding tert-OH is 1. The first-order valence-electron chi connectivity index (χ1n) is 5.51. The van der Waals surface area contributed by atoms with Gasteiger partial charge in [0.1, 0.15) is 0 Å². The molecule has 0 bridgehead atoms. The number of rotatable bonds is 5. The van der Waals surface area contributed by atoms with Gasteiger partial charge in [0, 0.05) is 6.61 Å². The van der Waals surface area contributed by atoms with E-state index in [-0.39, 0.29) is 6.61 Å². The molecule has 1 rings (SSSR count). The highest BCUT2D eigenvalue weighted by Gasteiger charge is 1.82. The maximum atomic E-state index is 8.24. The molecule has 1 N–H and O–H groups in total. The highest BCUT2D eigenvalue weighted by atomic mass is 16.5. The zero-order valence-corrected chi connectivity index (χ0v) is 9.78. The zero-order chi connectivity index (χ0) is 11.4. The summed E-state index contributed by atoms with van der Waals surface area (Å²) in [5.74, 6) is 0. The number of ether oxygens (including phenoxy) is 1. The average molecular weight is 210 g/mol. The highest BCUT2D eigenvalue weighted by molar-refractivity contribution is 5.11. The average Bonchev–Trinajstić information content (AvgIpc) is 2.27. The van der Waals surface area contributed by atoms with Gasteiger partial charge in [-0.05, 0) is 13.3 Å². The number of benzene rings is 1. The molecule has 0 aromatic heterocycles. The molecule has 0 spiro atoms. The van der Waals surface area contributed by atoms with Crippen LogP contribution in [-0.2, 0) is 4.74 Å². The van der Waals surface area contributed by atoms with Crippen molar-refractivity contribution in [1.82, 2.24) is 0 Å². The molecule has 0 aliphatic heterocycles. The third-order valence-corrected chi connectivity index (χ3v) is 1.82. The van der Waals surface area contributed by atoms with Gasteiger partial charge in [0.15, 0.2) is 0 Å². The third kappa shape index (κ3) is 11.1. The molecule has 1 aromatic rings. The zero-order valence-electron chi connectivity index (χ0n) is 9.78. The Morgan fingerprint density at radius 2 is 1.80 bits per heavy atom. The van der Waals surface area contributed by atoms with E-state index in [0.29, 0.717) is 6.61 Å². The van der Waals surface area contributed by atoms with E-state index in [1.807, 2.05) is 18.2 Å². The van der Waals surface area contributed by atoms with Crippen molar-refractivity contribution in [1.29, 1.82) is 0 Å². The number of aliphatic hydroxyl groups is 1. The molecule has 2 nitrogen and oxygen atoms in total. The molecule has 0 saturated heterocycles. The third-order valence-electron chi connectivity index (χ3n) is 1.82. The van der Waals surface area contributed by atoms with Crippen LogP contribution in [0.15, 0.2) is 30.3 Å². The minimum Gasteiger partial charge on any atom is -0.394 e. The van der Waals surface area contributed by atoms with E-state index in [2.05, 4.69) is 26.0 Å². The van der Waals surface area contributed by atoms with Gasteiger partial charge in [0.05, 0.1) is 13.2 Å². The minimum atomic E-state index is 0.143. The summed E-state index contributed by atoms with van der Waals surface area (Å²) in [7, 11) is 0. The molecule has 0 unspecified atom stereocenters. The summed E-state index contributed by atoms with van der Waals surface area (Å²) in [5.41, 5.74) is 1.32. The van der Waals surface area contributed by atoms with E-state index in [1.54, 1.807) is 0 Å². The molecular weight excluding hydrogens is 188 g/mol. The second kappa shape index (κ2) is 11.2. The van der Waals surface area contributed by atoms with Crippen LogP contribution >= 0.6 is 0 Å². The molecule has 0 saturated carbocycles. The summed E-state index contributed by atoms with van der Waals surface area (Å²) < 4.78 is 4.97. The quantitative estimate of drug-likeness (QED) is 0.757. The fourth-order valence-electron chi connectivity index (χ4n) is 0.947. The number of unbranched alkanes of at least 4 members (excludes halogenated alkanes) is 1. The summed E-state index contributed by atoms with van der Waals surface area (Å²) in [6.45, 7) is 5.61. The fourth-order valence-corrected chi connectivity index (χ4v) is 0.947. The lowest BCUT2D eigenvalue weighted by Crippen LogP contribution is -1.99. The lowest BCUT2D eigenvalue weighted by atomic mass is 10.2. The second-order valence-electron chi connectivity index (χ2n) is 3.34. The first-order valence-corrected chi connectivity index (χ1v) is 5.51. The molecule has 1 aromatic carbocycles. The second-order valence-corrected chi connectivity index (χ2v) is 3.34. The summed E-state index contributed by atoms with van der Waals surface area (Å²) in [6, 6.07) is 10.3. The van der Waals surface area contributed by atoms with Gasteiger partial charge in [-0.25, -0.2) is 0 Å². The van der Waals surface area contributed by atoms with Gasteiger partial charge in [0.2, 0.25) is 0 Å². The maximum absolute atomic E-state index is 8.24. The SMILES string of the molecule is CCCCOCCO.Cc1ccccc1. The van der Waals surface area contributed by atoms with Gasteiger partial charge in [-0.1, -0.05) is 49.2 Å². The fraction of sp³-hybridized carbons (Fsp3) is 0.538. The predicted molar refractivity (Wildman–Crippen MR) is 64.0 cm³/mol. The summed E-state index contributed by atoms with van der Waals surface area (Å²) >= 11 is 0. The lowest BCUT2D eigenvalue weighted by Gasteiger charge is -1.97. The smallest absolute Gasteiger partial charge is 0.0697 e. The molecule has 0 aliphatic carbocycles. The van der Waals surface area contributed by atoms with Crippen molar-refractivity contribution in [3.05, 3.63) is 35.9 Å². The van der Waals surface area contributed by atoms with Gasteiger partial charge < -0.3 is 9.84 Å². The minimum absolute atomic E-state index is 0.143. The van der Waals surface area contributed by atoms with Gasteiger partial charge in [-0.15, -0.1) is 0 Å². The van der Waals surface area contributed by atoms with Crippen molar-refractivity contribution in [2.45, 2.75) is 26.7 Å². The van der Waals surface area contributed by atoms with Gasteiger partial charge >= 0.3 is 0 Å². The van der Waals surface area contributed by atoms with Crippen molar-refractivity contribution in [3.8, 4) is 0 Å². The molecule has 0 atom stereocenters. The number of hydrogen-bond donors (Lipinski definition) is 1. The van der Waals surface area contributed by atoms with Crippen LogP contribution in [0, 0.1) is 6.92 Å². The van der Waals surface area contributed by atoms with E-state index < -0.39 is 0 Å². The summed E-state index contributed by atoms with van der Waals surface area (Å²) in [6.07, 6.45) is 2.26. The Kier molecular flexibility index (Phi) is 10.6. The normalized spacial score (nSPS) is 9.27. The van der Waals surface area contributed by atoms with Gasteiger partial charge in [0.25, 0.3) is 0 Å². The summed E-state index contributed by atoms with van der Waals surface area (Å²) in [5, 5.41) is 8.24. The molecule has 0 amide bonds. The molecule has 86 valence electrons. The van der Waals surface area contributed by atoms with Crippen LogP contribution in [0.5, 0.6) is 0 Å². The molecule has 0 radical (unpaired) electrons. The van der Waals surface area contributed by atoms with Crippen LogP contribution in [0.3, 0.4) is 0 Å².